The van der Waals surface area contributed by atoms with Gasteiger partial charge in [0, 0.05) is 44.1 Å². The van der Waals surface area contributed by atoms with Crippen LogP contribution in [0.2, 0.25) is 0 Å². The number of guanidine groups is 1. The normalized spacial score (nSPS) is 38.5. The molecule has 9 heteroatoms. The maximum absolute atomic E-state index is 12.2. The van der Waals surface area contributed by atoms with E-state index in [1.165, 1.54) is 19.3 Å². The van der Waals surface area contributed by atoms with Crippen LogP contribution in [0.5, 0.6) is 0 Å². The van der Waals surface area contributed by atoms with Gasteiger partial charge in [-0.1, -0.05) is 6.42 Å². The van der Waals surface area contributed by atoms with Gasteiger partial charge < -0.3 is 20.3 Å². The molecule has 0 bridgehead atoms. The molecular formula is C20H32IN5O3. The van der Waals surface area contributed by atoms with Crippen molar-refractivity contribution in [2.45, 2.75) is 63.1 Å². The molecule has 5 aliphatic rings. The lowest BCUT2D eigenvalue weighted by Crippen LogP contribution is -2.72. The molecule has 5 fully saturated rings. The Morgan fingerprint density at radius 1 is 1.24 bits per heavy atom. The molecular weight excluding hydrogens is 485 g/mol. The van der Waals surface area contributed by atoms with Gasteiger partial charge >= 0.3 is 6.03 Å². The molecule has 1 spiro atoms. The quantitative estimate of drug-likeness (QED) is 0.223. The van der Waals surface area contributed by atoms with Crippen LogP contribution in [0.25, 0.3) is 0 Å². The van der Waals surface area contributed by atoms with E-state index in [0.717, 1.165) is 44.9 Å². The standard InChI is InChI=1S/C20H31N5O3.HI/c1-19(16(26)23-18(27)24-19)12-4-9-25(10-5-12)17(21-2)22-14-13-6-11-28-15(13)20(14)7-3-8-20;/h12-15H,3-11H2,1-2H3,(H,21,22)(H2,23,24,26,27);1H. The predicted molar refractivity (Wildman–Crippen MR) is 119 cm³/mol. The number of aliphatic imine (C=N–C) groups is 1. The van der Waals surface area contributed by atoms with Gasteiger partial charge in [0.05, 0.1) is 6.10 Å². The first kappa shape index (κ1) is 21.1. The summed E-state index contributed by atoms with van der Waals surface area (Å²) in [5, 5.41) is 9.01. The Morgan fingerprint density at radius 3 is 2.52 bits per heavy atom. The zero-order chi connectivity index (χ0) is 19.5. The predicted octanol–water partition coefficient (Wildman–Crippen LogP) is 1.45. The van der Waals surface area contributed by atoms with Crippen LogP contribution < -0.4 is 16.0 Å². The van der Waals surface area contributed by atoms with Crippen LogP contribution in [0.3, 0.4) is 0 Å². The number of hydrogen-bond acceptors (Lipinski definition) is 4. The van der Waals surface area contributed by atoms with Crippen LogP contribution in [-0.2, 0) is 9.53 Å². The lowest BCUT2D eigenvalue weighted by Gasteiger charge is -2.63. The number of rotatable bonds is 2. The minimum absolute atomic E-state index is 0. The molecule has 4 atom stereocenters. The lowest BCUT2D eigenvalue weighted by molar-refractivity contribution is -0.171. The molecule has 3 amide bonds. The van der Waals surface area contributed by atoms with E-state index in [0.29, 0.717) is 23.5 Å². The third kappa shape index (κ3) is 3.05. The van der Waals surface area contributed by atoms with Crippen molar-refractivity contribution < 1.29 is 14.3 Å². The van der Waals surface area contributed by atoms with E-state index in [4.69, 9.17) is 4.74 Å². The molecule has 3 saturated heterocycles. The molecule has 0 aromatic rings. The van der Waals surface area contributed by atoms with Crippen molar-refractivity contribution in [3.63, 3.8) is 0 Å². The molecule has 162 valence electrons. The number of likely N-dealkylation sites (tertiary alicyclic amines) is 1. The Morgan fingerprint density at radius 2 is 1.97 bits per heavy atom. The summed E-state index contributed by atoms with van der Waals surface area (Å²) in [4.78, 5) is 30.7. The topological polar surface area (TPSA) is 95.1 Å². The van der Waals surface area contributed by atoms with Gasteiger partial charge in [0.25, 0.3) is 5.91 Å². The summed E-state index contributed by atoms with van der Waals surface area (Å²) in [5.41, 5.74) is -0.465. The van der Waals surface area contributed by atoms with Crippen molar-refractivity contribution in [1.82, 2.24) is 20.9 Å². The zero-order valence-electron chi connectivity index (χ0n) is 17.2. The Labute approximate surface area is 189 Å². The number of urea groups is 1. The first-order valence-electron chi connectivity index (χ1n) is 10.7. The van der Waals surface area contributed by atoms with Crippen LogP contribution in [0.1, 0.15) is 45.4 Å². The Kier molecular flexibility index (Phi) is 5.50. The second-order valence-corrected chi connectivity index (χ2v) is 9.37. The monoisotopic (exact) mass is 517 g/mol. The second-order valence-electron chi connectivity index (χ2n) is 9.37. The zero-order valence-corrected chi connectivity index (χ0v) is 19.5. The Hall–Kier alpha value is -1.10. The minimum atomic E-state index is -0.793. The van der Waals surface area contributed by atoms with Crippen LogP contribution in [0.4, 0.5) is 4.79 Å². The third-order valence-electron chi connectivity index (χ3n) is 8.22. The molecule has 3 N–H and O–H groups in total. The number of nitrogens with one attached hydrogen (secondary N) is 3. The summed E-state index contributed by atoms with van der Waals surface area (Å²) in [7, 11) is 1.86. The smallest absolute Gasteiger partial charge is 0.322 e. The molecule has 4 unspecified atom stereocenters. The SMILES string of the molecule is CN=C(NC1C2CCOC2C12CCC2)N1CCC(C2(C)NC(=O)NC2=O)CC1.I. The maximum Gasteiger partial charge on any atom is 0.322 e. The van der Waals surface area contributed by atoms with Crippen molar-refractivity contribution >= 4 is 41.9 Å². The highest BCUT2D eigenvalue weighted by Gasteiger charge is 2.67. The molecule has 5 rings (SSSR count). The number of ether oxygens (including phenoxy) is 1. The second kappa shape index (κ2) is 7.55. The first-order chi connectivity index (χ1) is 13.5. The van der Waals surface area contributed by atoms with E-state index >= 15 is 0 Å². The number of carbonyl (C=O) groups excluding carboxylic acids is 2. The number of fused-ring (bicyclic) bond motifs is 2. The highest BCUT2D eigenvalue weighted by molar-refractivity contribution is 14.0. The first-order valence-corrected chi connectivity index (χ1v) is 10.7. The van der Waals surface area contributed by atoms with Gasteiger partial charge in [0.1, 0.15) is 5.54 Å². The summed E-state index contributed by atoms with van der Waals surface area (Å²) in [5.74, 6) is 1.53. The molecule has 2 aliphatic carbocycles. The number of carbonyl (C=O) groups is 2. The van der Waals surface area contributed by atoms with Crippen molar-refractivity contribution in [3.8, 4) is 0 Å². The maximum atomic E-state index is 12.2. The van der Waals surface area contributed by atoms with E-state index in [-0.39, 0.29) is 41.8 Å². The van der Waals surface area contributed by atoms with E-state index in [9.17, 15) is 9.59 Å². The minimum Gasteiger partial charge on any atom is -0.377 e. The highest BCUT2D eigenvalue weighted by Crippen LogP contribution is 2.62. The fourth-order valence-electron chi connectivity index (χ4n) is 6.41. The number of nitrogens with zero attached hydrogens (tertiary/aromatic N) is 2. The van der Waals surface area contributed by atoms with Gasteiger partial charge in [0.15, 0.2) is 5.96 Å². The summed E-state index contributed by atoms with van der Waals surface area (Å²) < 4.78 is 6.04. The van der Waals surface area contributed by atoms with Crippen molar-refractivity contribution in [3.05, 3.63) is 0 Å². The third-order valence-corrected chi connectivity index (χ3v) is 8.22. The van der Waals surface area contributed by atoms with Crippen LogP contribution in [0, 0.1) is 17.3 Å². The summed E-state index contributed by atoms with van der Waals surface area (Å²) in [6.45, 7) is 4.42. The molecule has 29 heavy (non-hydrogen) atoms. The molecule has 0 radical (unpaired) electrons. The number of piperidine rings is 1. The molecule has 8 nitrogen and oxygen atoms in total. The van der Waals surface area contributed by atoms with Crippen molar-refractivity contribution in [1.29, 1.82) is 0 Å². The molecule has 2 saturated carbocycles. The average Bonchev–Trinajstić information content (AvgIpc) is 3.17. The van der Waals surface area contributed by atoms with E-state index < -0.39 is 5.54 Å². The van der Waals surface area contributed by atoms with Gasteiger partial charge in [-0.3, -0.25) is 15.1 Å². The van der Waals surface area contributed by atoms with E-state index in [1.54, 1.807) is 0 Å². The average molecular weight is 517 g/mol. The largest absolute Gasteiger partial charge is 0.377 e. The molecule has 3 aliphatic heterocycles. The van der Waals surface area contributed by atoms with Crippen molar-refractivity contribution in [2.24, 2.45) is 22.2 Å². The molecule has 0 aromatic carbocycles. The van der Waals surface area contributed by atoms with Crippen LogP contribution >= 0.6 is 24.0 Å². The number of halogens is 1. The summed E-state index contributed by atoms with van der Waals surface area (Å²) in [6.07, 6.45) is 7.14. The Bertz CT molecular complexity index is 719. The lowest BCUT2D eigenvalue weighted by atomic mass is 9.46. The van der Waals surface area contributed by atoms with Crippen LogP contribution in [0.15, 0.2) is 4.99 Å². The van der Waals surface area contributed by atoms with Gasteiger partial charge in [-0.25, -0.2) is 4.79 Å². The van der Waals surface area contributed by atoms with Gasteiger partial charge in [0.2, 0.25) is 0 Å². The molecule has 3 heterocycles. The number of hydrogen-bond donors (Lipinski definition) is 3. The van der Waals surface area contributed by atoms with Gasteiger partial charge in [-0.15, -0.1) is 24.0 Å². The fraction of sp³-hybridized carbons (Fsp3) is 0.850. The summed E-state index contributed by atoms with van der Waals surface area (Å²) in [6, 6.07) is 0.0964. The van der Waals surface area contributed by atoms with E-state index in [2.05, 4.69) is 25.8 Å². The van der Waals surface area contributed by atoms with E-state index in [1.807, 2.05) is 14.0 Å². The summed E-state index contributed by atoms with van der Waals surface area (Å²) >= 11 is 0. The molecule has 0 aromatic heterocycles. The van der Waals surface area contributed by atoms with Gasteiger partial charge in [-0.2, -0.15) is 0 Å². The number of imide groups is 1. The highest BCUT2D eigenvalue weighted by atomic mass is 127. The van der Waals surface area contributed by atoms with Gasteiger partial charge in [-0.05, 0) is 44.9 Å². The fourth-order valence-corrected chi connectivity index (χ4v) is 6.41. The Balaban J connectivity index is 0.00000205. The van der Waals surface area contributed by atoms with Crippen molar-refractivity contribution in [2.75, 3.05) is 26.7 Å². The number of amides is 3. The van der Waals surface area contributed by atoms with Crippen LogP contribution in [-0.4, -0.2) is 67.2 Å².